The van der Waals surface area contributed by atoms with E-state index in [0.29, 0.717) is 12.0 Å². The second-order valence-electron chi connectivity index (χ2n) is 3.92. The average Bonchev–Trinajstić information content (AvgIpc) is 2.32. The Kier molecular flexibility index (Phi) is 3.88. The van der Waals surface area contributed by atoms with E-state index in [2.05, 4.69) is 9.88 Å². The fourth-order valence-electron chi connectivity index (χ4n) is 1.95. The normalized spacial score (nSPS) is 17.5. The first-order valence-electron chi connectivity index (χ1n) is 5.78. The molecule has 0 atom stereocenters. The Bertz CT molecular complexity index is 338. The van der Waals surface area contributed by atoms with Crippen LogP contribution in [0.25, 0.3) is 0 Å². The number of alkyl halides is 1. The highest BCUT2D eigenvalue weighted by Gasteiger charge is 2.20. The molecule has 2 rings (SSSR count). The molecule has 1 fully saturated rings. The van der Waals surface area contributed by atoms with Crippen molar-refractivity contribution < 1.29 is 4.74 Å². The minimum absolute atomic E-state index is 0.315. The number of halogens is 1. The van der Waals surface area contributed by atoms with Crippen molar-refractivity contribution >= 4 is 17.4 Å². The lowest BCUT2D eigenvalue weighted by Gasteiger charge is -2.31. The van der Waals surface area contributed by atoms with Crippen molar-refractivity contribution in [3.8, 4) is 5.75 Å². The second kappa shape index (κ2) is 5.39. The molecule has 4 heteroatoms. The number of ether oxygens (including phenoxy) is 1. The van der Waals surface area contributed by atoms with Gasteiger partial charge in [0.25, 0.3) is 0 Å². The molecule has 3 nitrogen and oxygen atoms in total. The SMILES string of the molecule is CCOc1cccnc1N1CCC(Cl)CC1. The van der Waals surface area contributed by atoms with Crippen LogP contribution in [0.3, 0.4) is 0 Å². The van der Waals surface area contributed by atoms with E-state index in [1.807, 2.05) is 25.3 Å². The van der Waals surface area contributed by atoms with Crippen molar-refractivity contribution in [1.29, 1.82) is 0 Å². The lowest BCUT2D eigenvalue weighted by Crippen LogP contribution is -2.34. The summed E-state index contributed by atoms with van der Waals surface area (Å²) < 4.78 is 5.58. The number of nitrogens with zero attached hydrogens (tertiary/aromatic N) is 2. The molecule has 0 unspecified atom stereocenters. The van der Waals surface area contributed by atoms with E-state index in [9.17, 15) is 0 Å². The molecule has 1 aromatic heterocycles. The molecule has 0 radical (unpaired) electrons. The molecule has 0 saturated carbocycles. The van der Waals surface area contributed by atoms with Gasteiger partial charge in [0.15, 0.2) is 11.6 Å². The van der Waals surface area contributed by atoms with Crippen LogP contribution in [-0.2, 0) is 0 Å². The monoisotopic (exact) mass is 240 g/mol. The van der Waals surface area contributed by atoms with Gasteiger partial charge in [0.05, 0.1) is 6.61 Å². The van der Waals surface area contributed by atoms with Crippen LogP contribution >= 0.6 is 11.6 Å². The van der Waals surface area contributed by atoms with E-state index < -0.39 is 0 Å². The highest BCUT2D eigenvalue weighted by atomic mass is 35.5. The van der Waals surface area contributed by atoms with E-state index >= 15 is 0 Å². The predicted octanol–water partition coefficient (Wildman–Crippen LogP) is 2.69. The smallest absolute Gasteiger partial charge is 0.171 e. The van der Waals surface area contributed by atoms with Crippen molar-refractivity contribution in [2.75, 3.05) is 24.6 Å². The first kappa shape index (κ1) is 11.5. The van der Waals surface area contributed by atoms with Crippen LogP contribution in [0.1, 0.15) is 19.8 Å². The van der Waals surface area contributed by atoms with Crippen molar-refractivity contribution in [3.05, 3.63) is 18.3 Å². The topological polar surface area (TPSA) is 25.4 Å². The molecule has 1 aliphatic rings. The summed E-state index contributed by atoms with van der Waals surface area (Å²) in [6, 6.07) is 3.88. The van der Waals surface area contributed by atoms with E-state index in [4.69, 9.17) is 16.3 Å². The molecule has 16 heavy (non-hydrogen) atoms. The van der Waals surface area contributed by atoms with E-state index in [1.54, 1.807) is 0 Å². The van der Waals surface area contributed by atoms with E-state index in [-0.39, 0.29) is 0 Å². The van der Waals surface area contributed by atoms with Crippen LogP contribution in [0.15, 0.2) is 18.3 Å². The van der Waals surface area contributed by atoms with Crippen LogP contribution in [0, 0.1) is 0 Å². The summed E-state index contributed by atoms with van der Waals surface area (Å²) in [4.78, 5) is 6.66. The van der Waals surface area contributed by atoms with Crippen molar-refractivity contribution in [3.63, 3.8) is 0 Å². The molecule has 0 bridgehead atoms. The third-order valence-electron chi connectivity index (χ3n) is 2.77. The second-order valence-corrected chi connectivity index (χ2v) is 4.54. The fourth-order valence-corrected chi connectivity index (χ4v) is 2.14. The van der Waals surface area contributed by atoms with Crippen molar-refractivity contribution in [2.24, 2.45) is 0 Å². The van der Waals surface area contributed by atoms with Gasteiger partial charge in [-0.3, -0.25) is 0 Å². The maximum atomic E-state index is 6.09. The lowest BCUT2D eigenvalue weighted by atomic mass is 10.1. The first-order valence-corrected chi connectivity index (χ1v) is 6.21. The van der Waals surface area contributed by atoms with Crippen LogP contribution in [-0.4, -0.2) is 30.1 Å². The minimum Gasteiger partial charge on any atom is -0.490 e. The predicted molar refractivity (Wildman–Crippen MR) is 66.5 cm³/mol. The van der Waals surface area contributed by atoms with Gasteiger partial charge in [-0.05, 0) is 31.9 Å². The highest BCUT2D eigenvalue weighted by molar-refractivity contribution is 6.20. The van der Waals surface area contributed by atoms with Gasteiger partial charge in [-0.15, -0.1) is 11.6 Å². The number of piperidine rings is 1. The summed E-state index contributed by atoms with van der Waals surface area (Å²) in [5.74, 6) is 1.82. The summed E-state index contributed by atoms with van der Waals surface area (Å²) >= 11 is 6.09. The number of rotatable bonds is 3. The molecule has 1 saturated heterocycles. The summed E-state index contributed by atoms with van der Waals surface area (Å²) in [5.41, 5.74) is 0. The number of hydrogen-bond acceptors (Lipinski definition) is 3. The minimum atomic E-state index is 0.315. The van der Waals surface area contributed by atoms with Gasteiger partial charge in [-0.2, -0.15) is 0 Å². The van der Waals surface area contributed by atoms with Crippen LogP contribution < -0.4 is 9.64 Å². The molecular weight excluding hydrogens is 224 g/mol. The zero-order valence-electron chi connectivity index (χ0n) is 9.53. The standard InChI is InChI=1S/C12H17ClN2O/c1-2-16-11-4-3-7-14-12(11)15-8-5-10(13)6-9-15/h3-4,7,10H,2,5-6,8-9H2,1H3. The average molecular weight is 241 g/mol. The third-order valence-corrected chi connectivity index (χ3v) is 3.21. The number of pyridine rings is 1. The van der Waals surface area contributed by atoms with Crippen LogP contribution in [0.2, 0.25) is 0 Å². The Morgan fingerprint density at radius 3 is 2.94 bits per heavy atom. The van der Waals surface area contributed by atoms with E-state index in [0.717, 1.165) is 37.5 Å². The Hall–Kier alpha value is -0.960. The molecule has 0 aromatic carbocycles. The summed E-state index contributed by atoms with van der Waals surface area (Å²) in [6.45, 7) is 4.59. The summed E-state index contributed by atoms with van der Waals surface area (Å²) in [7, 11) is 0. The molecular formula is C12H17ClN2O. The third kappa shape index (κ3) is 2.59. The molecule has 0 amide bonds. The van der Waals surface area contributed by atoms with Gasteiger partial charge in [-0.1, -0.05) is 0 Å². The number of anilines is 1. The summed E-state index contributed by atoms with van der Waals surface area (Å²) in [6.07, 6.45) is 3.85. The van der Waals surface area contributed by atoms with Crippen LogP contribution in [0.5, 0.6) is 5.75 Å². The van der Waals surface area contributed by atoms with Gasteiger partial charge in [-0.25, -0.2) is 4.98 Å². The molecule has 88 valence electrons. The fraction of sp³-hybridized carbons (Fsp3) is 0.583. The molecule has 2 heterocycles. The molecule has 0 aliphatic carbocycles. The van der Waals surface area contributed by atoms with Gasteiger partial charge >= 0.3 is 0 Å². The van der Waals surface area contributed by atoms with Crippen molar-refractivity contribution in [2.45, 2.75) is 25.1 Å². The zero-order valence-corrected chi connectivity index (χ0v) is 10.3. The first-order chi connectivity index (χ1) is 7.81. The maximum Gasteiger partial charge on any atom is 0.171 e. The van der Waals surface area contributed by atoms with Crippen molar-refractivity contribution in [1.82, 2.24) is 4.98 Å². The lowest BCUT2D eigenvalue weighted by molar-refractivity contribution is 0.338. The maximum absolute atomic E-state index is 6.09. The summed E-state index contributed by atoms with van der Waals surface area (Å²) in [5, 5.41) is 0.315. The number of aromatic nitrogens is 1. The quantitative estimate of drug-likeness (QED) is 0.760. The molecule has 1 aliphatic heterocycles. The Morgan fingerprint density at radius 2 is 2.25 bits per heavy atom. The number of hydrogen-bond donors (Lipinski definition) is 0. The van der Waals surface area contributed by atoms with Gasteiger partial charge in [0.1, 0.15) is 0 Å². The van der Waals surface area contributed by atoms with Gasteiger partial charge < -0.3 is 9.64 Å². The Labute approximate surface area is 101 Å². The molecule has 0 N–H and O–H groups in total. The largest absolute Gasteiger partial charge is 0.490 e. The van der Waals surface area contributed by atoms with Crippen LogP contribution in [0.4, 0.5) is 5.82 Å². The van der Waals surface area contributed by atoms with Gasteiger partial charge in [0, 0.05) is 24.7 Å². The Balaban J connectivity index is 2.13. The molecule has 1 aromatic rings. The molecule has 0 spiro atoms. The highest BCUT2D eigenvalue weighted by Crippen LogP contribution is 2.28. The Morgan fingerprint density at radius 1 is 1.50 bits per heavy atom. The van der Waals surface area contributed by atoms with Gasteiger partial charge in [0.2, 0.25) is 0 Å². The van der Waals surface area contributed by atoms with E-state index in [1.165, 1.54) is 0 Å². The zero-order chi connectivity index (χ0) is 11.4.